The summed E-state index contributed by atoms with van der Waals surface area (Å²) in [5.41, 5.74) is 7.15. The standard InChI is InChI=1S/C30H29N9O10S3/c1-12-6-19(39-18(32-12)8-37(36-39)29(47)48)50-9-14-10-51-26-21(25(44)38(26)22(14)27(45)46)34-24(43)20(15-11-52-28(31)33-15)35-49-30(2,3)23(42)13-4-5-16(40)17(41)7-13/h4-8,11,21,26,36,40-41H,9-10H2,1-3H3,(H2,31,33)(H,34,43)(H,45,46)(H,47,48)/b35-20-/t21-,26-/m1/s1. The van der Waals surface area contributed by atoms with Gasteiger partial charge in [0.05, 0.1) is 11.2 Å². The summed E-state index contributed by atoms with van der Waals surface area (Å²) in [5.74, 6) is -3.87. The van der Waals surface area contributed by atoms with Crippen LogP contribution in [0.2, 0.25) is 0 Å². The first kappa shape index (κ1) is 36.2. The normalized spacial score (nSPS) is 20.0. The molecule has 1 fully saturated rings. The van der Waals surface area contributed by atoms with E-state index in [1.807, 2.05) is 0 Å². The van der Waals surface area contributed by atoms with Gasteiger partial charge in [0, 0.05) is 28.2 Å². The number of hydrogen-bond acceptors (Lipinski definition) is 17. The van der Waals surface area contributed by atoms with Crippen LogP contribution >= 0.6 is 34.9 Å². The summed E-state index contributed by atoms with van der Waals surface area (Å²) < 4.78 is 0. The van der Waals surface area contributed by atoms with Crippen LogP contribution in [0.4, 0.5) is 9.93 Å². The number of ketones is 1. The molecule has 3 amide bonds. The number of carbonyl (C=O) groups excluding carboxylic acids is 3. The van der Waals surface area contributed by atoms with Gasteiger partial charge >= 0.3 is 12.1 Å². The van der Waals surface area contributed by atoms with E-state index >= 15 is 0 Å². The van der Waals surface area contributed by atoms with E-state index in [0.717, 1.165) is 33.4 Å². The molecule has 1 aromatic carbocycles. The van der Waals surface area contributed by atoms with Gasteiger partial charge in [0.15, 0.2) is 33.8 Å². The number of benzene rings is 1. The summed E-state index contributed by atoms with van der Waals surface area (Å²) in [7, 11) is 0. The van der Waals surface area contributed by atoms with E-state index in [2.05, 4.69) is 26.0 Å². The van der Waals surface area contributed by atoms with E-state index in [9.17, 15) is 44.4 Å². The van der Waals surface area contributed by atoms with Crippen molar-refractivity contribution in [3.05, 3.63) is 69.2 Å². The van der Waals surface area contributed by atoms with Gasteiger partial charge in [-0.15, -0.1) is 40.4 Å². The quantitative estimate of drug-likeness (QED) is 0.0564. The number of Topliss-reactive ketones (excluding diaryl/α,β-unsaturated/α-hetero) is 1. The molecule has 0 unspecified atom stereocenters. The van der Waals surface area contributed by atoms with Crippen molar-refractivity contribution in [2.45, 2.75) is 37.8 Å². The summed E-state index contributed by atoms with van der Waals surface area (Å²) in [5, 5.41) is 49.1. The number of anilines is 1. The van der Waals surface area contributed by atoms with E-state index < -0.39 is 63.9 Å². The highest BCUT2D eigenvalue weighted by molar-refractivity contribution is 8.03. The molecule has 2 atom stereocenters. The van der Waals surface area contributed by atoms with Crippen LogP contribution < -0.4 is 16.6 Å². The van der Waals surface area contributed by atoms with Crippen LogP contribution in [0.5, 0.6) is 11.5 Å². The van der Waals surface area contributed by atoms with Gasteiger partial charge in [0.2, 0.25) is 5.78 Å². The Bertz CT molecular complexity index is 2070. The van der Waals surface area contributed by atoms with Gasteiger partial charge in [-0.3, -0.25) is 19.3 Å². The second-order valence-corrected chi connectivity index (χ2v) is 14.9. The molecule has 0 radical (unpaired) electrons. The van der Waals surface area contributed by atoms with Crippen molar-refractivity contribution in [1.82, 2.24) is 30.8 Å². The van der Waals surface area contributed by atoms with Crippen molar-refractivity contribution < 1.29 is 49.2 Å². The molecule has 8 N–H and O–H groups in total. The molecule has 19 nitrogen and oxygen atoms in total. The van der Waals surface area contributed by atoms with Gasteiger partial charge in [-0.1, -0.05) is 5.16 Å². The summed E-state index contributed by atoms with van der Waals surface area (Å²) >= 11 is 3.46. The number of thioether (sulfide) groups is 2. The Balaban J connectivity index is 1.17. The highest BCUT2D eigenvalue weighted by atomic mass is 32.2. The molecule has 272 valence electrons. The number of rotatable bonds is 11. The Morgan fingerprint density at radius 1 is 1.21 bits per heavy atom. The predicted molar refractivity (Wildman–Crippen MR) is 189 cm³/mol. The predicted octanol–water partition coefficient (Wildman–Crippen LogP) is 1.82. The number of β-lactam (4-membered cyclic amide) rings is 1. The molecule has 4 aliphatic rings. The molecule has 2 aromatic rings. The zero-order valence-corrected chi connectivity index (χ0v) is 29.7. The number of phenolic OH excluding ortho intramolecular Hbond substituents is 2. The highest BCUT2D eigenvalue weighted by Gasteiger charge is 2.54. The van der Waals surface area contributed by atoms with Crippen LogP contribution in [0.3, 0.4) is 0 Å². The second kappa shape index (κ2) is 13.9. The number of fused-ring (bicyclic) bond motifs is 2. The number of hydrogen-bond donors (Lipinski definition) is 7. The third-order valence-electron chi connectivity index (χ3n) is 7.79. The summed E-state index contributed by atoms with van der Waals surface area (Å²) in [4.78, 5) is 79.3. The SMILES string of the molecule is CC1=NC2=CN(C(=O)O)NN2C(SCC2=C(C(=O)O)N3C(=O)[C@@H](NC(=O)/C(=N\OC(C)(C)C(=O)c4ccc(O)c(O)c4)c4csc(N)n4)[C@H]3SC2)=C1. The number of nitrogens with one attached hydrogen (secondary N) is 2. The Morgan fingerprint density at radius 2 is 1.96 bits per heavy atom. The largest absolute Gasteiger partial charge is 0.504 e. The number of nitrogens with zero attached hydrogens (tertiary/aromatic N) is 6. The number of hydrazine groups is 2. The highest BCUT2D eigenvalue weighted by Crippen LogP contribution is 2.42. The third kappa shape index (κ3) is 6.87. The van der Waals surface area contributed by atoms with Gasteiger partial charge in [0.25, 0.3) is 11.8 Å². The number of nitrogens with two attached hydrogens (primary N) is 1. The third-order valence-corrected chi connectivity index (χ3v) is 10.9. The van der Waals surface area contributed by atoms with Crippen LogP contribution in [-0.2, 0) is 19.2 Å². The monoisotopic (exact) mass is 771 g/mol. The average Bonchev–Trinajstić information content (AvgIpc) is 3.72. The first-order chi connectivity index (χ1) is 24.5. The number of phenols is 2. The maximum Gasteiger partial charge on any atom is 0.427 e. The molecule has 1 aromatic heterocycles. The van der Waals surface area contributed by atoms with Gasteiger partial charge in [-0.2, -0.15) is 5.01 Å². The number of allylic oxidation sites excluding steroid dienone is 1. The molecular weight excluding hydrogens is 743 g/mol. The number of aliphatic imine (C=N–C) groups is 1. The molecule has 0 bridgehead atoms. The lowest BCUT2D eigenvalue weighted by atomic mass is 9.96. The number of amides is 3. The maximum absolute atomic E-state index is 13.6. The summed E-state index contributed by atoms with van der Waals surface area (Å²) in [6.45, 7) is 4.47. The number of aromatic hydroxyl groups is 2. The topological polar surface area (TPSA) is 273 Å². The number of carbonyl (C=O) groups is 5. The minimum absolute atomic E-state index is 0.00695. The lowest BCUT2D eigenvalue weighted by Gasteiger charge is -2.49. The molecule has 0 aliphatic carbocycles. The van der Waals surface area contributed by atoms with Crippen molar-refractivity contribution in [1.29, 1.82) is 0 Å². The molecule has 52 heavy (non-hydrogen) atoms. The Kier molecular flexibility index (Phi) is 9.65. The first-order valence-corrected chi connectivity index (χ1v) is 17.9. The van der Waals surface area contributed by atoms with Crippen molar-refractivity contribution in [3.63, 3.8) is 0 Å². The zero-order valence-electron chi connectivity index (χ0n) is 27.3. The van der Waals surface area contributed by atoms with Gasteiger partial charge in [0.1, 0.15) is 22.8 Å². The van der Waals surface area contributed by atoms with E-state index in [-0.39, 0.29) is 33.6 Å². The number of aliphatic carboxylic acids is 1. The number of carboxylic acids is 1. The molecule has 1 saturated heterocycles. The number of oxime groups is 1. The fourth-order valence-corrected chi connectivity index (χ4v) is 8.34. The van der Waals surface area contributed by atoms with Gasteiger partial charge < -0.3 is 36.3 Å². The van der Waals surface area contributed by atoms with Crippen molar-refractivity contribution in [2.24, 2.45) is 10.1 Å². The van der Waals surface area contributed by atoms with Crippen molar-refractivity contribution in [2.75, 3.05) is 17.2 Å². The Labute approximate surface area is 306 Å². The summed E-state index contributed by atoms with van der Waals surface area (Å²) in [6, 6.07) is 2.31. The van der Waals surface area contributed by atoms with Crippen LogP contribution in [0.15, 0.2) is 68.1 Å². The maximum atomic E-state index is 13.6. The first-order valence-electron chi connectivity index (χ1n) is 15.0. The summed E-state index contributed by atoms with van der Waals surface area (Å²) in [6.07, 6.45) is 1.75. The number of thiazole rings is 1. The number of carboxylic acid groups (broad SMARTS) is 2. The molecule has 5 heterocycles. The zero-order chi connectivity index (χ0) is 37.6. The smallest absolute Gasteiger partial charge is 0.427 e. The number of aromatic nitrogens is 1. The molecule has 4 aliphatic heterocycles. The minimum atomic E-state index is -1.69. The van der Waals surface area contributed by atoms with E-state index in [1.54, 1.807) is 13.0 Å². The second-order valence-electron chi connectivity index (χ2n) is 11.9. The molecule has 0 saturated carbocycles. The average molecular weight is 772 g/mol. The van der Waals surface area contributed by atoms with E-state index in [0.29, 0.717) is 22.1 Å². The Morgan fingerprint density at radius 3 is 2.62 bits per heavy atom. The van der Waals surface area contributed by atoms with Gasteiger partial charge in [-0.05, 0) is 50.6 Å². The minimum Gasteiger partial charge on any atom is -0.504 e. The Hall–Kier alpha value is -5.58. The molecule has 6 rings (SSSR count). The fourth-order valence-electron chi connectivity index (χ4n) is 5.24. The van der Waals surface area contributed by atoms with Gasteiger partial charge in [-0.25, -0.2) is 24.6 Å². The van der Waals surface area contributed by atoms with Crippen LogP contribution in [0, 0.1) is 0 Å². The van der Waals surface area contributed by atoms with Crippen LogP contribution in [-0.4, -0.2) is 110 Å². The van der Waals surface area contributed by atoms with E-state index in [1.165, 1.54) is 60.0 Å². The molecule has 0 spiro atoms. The lowest BCUT2D eigenvalue weighted by Crippen LogP contribution is -2.71. The van der Waals surface area contributed by atoms with Crippen LogP contribution in [0.25, 0.3) is 0 Å². The van der Waals surface area contributed by atoms with E-state index in [4.69, 9.17) is 10.6 Å². The number of nitrogen functional groups attached to an aromatic ring is 1. The van der Waals surface area contributed by atoms with Crippen LogP contribution in [0.1, 0.15) is 36.8 Å². The molecule has 22 heteroatoms. The lowest BCUT2D eigenvalue weighted by molar-refractivity contribution is -0.150. The van der Waals surface area contributed by atoms with Crippen molar-refractivity contribution >= 4 is 81.1 Å². The fraction of sp³-hybridized carbons (Fsp3) is 0.267. The van der Waals surface area contributed by atoms with Crippen molar-refractivity contribution in [3.8, 4) is 11.5 Å². The molecular formula is C30H29N9O10S3.